The van der Waals surface area contributed by atoms with Gasteiger partial charge in [-0.2, -0.15) is 13.6 Å². The Balaban J connectivity index is 1.09. The monoisotopic (exact) mass is 837 g/mol. The number of phosphoric acid groups is 2. The van der Waals surface area contributed by atoms with E-state index in [9.17, 15) is 47.6 Å². The van der Waals surface area contributed by atoms with Crippen molar-refractivity contribution in [1.29, 1.82) is 0 Å². The zero-order chi connectivity index (χ0) is 40.4. The molecule has 2 aromatic carbocycles. The number of rotatable bonds is 16. The molecular weight excluding hydrogens is 807 g/mol. The summed E-state index contributed by atoms with van der Waals surface area (Å²) in [7, 11) is -17.2. The molecular formula is C30H30N7O16P3. The molecule has 2 aromatic heterocycles. The Bertz CT molecular complexity index is 2400. The van der Waals surface area contributed by atoms with Crippen molar-refractivity contribution in [3.63, 3.8) is 0 Å². The lowest BCUT2D eigenvalue weighted by atomic mass is 9.99. The highest BCUT2D eigenvalue weighted by Crippen LogP contribution is 2.66. The highest BCUT2D eigenvalue weighted by atomic mass is 31.3. The predicted octanol–water partition coefficient (Wildman–Crippen LogP) is 1.04. The molecule has 0 radical (unpaired) electrons. The number of imidazole rings is 1. The number of nitrogens with one attached hydrogen (secondary N) is 3. The quantitative estimate of drug-likeness (QED) is 0.0359. The van der Waals surface area contributed by atoms with Crippen LogP contribution in [-0.2, 0) is 52.3 Å². The summed E-state index contributed by atoms with van der Waals surface area (Å²) in [6, 6.07) is 12.6. The van der Waals surface area contributed by atoms with E-state index in [1.165, 1.54) is 28.8 Å². The molecule has 4 heterocycles. The van der Waals surface area contributed by atoms with Gasteiger partial charge in [0.2, 0.25) is 11.9 Å². The second kappa shape index (κ2) is 16.2. The standard InChI is InChI=1S/C30H30N7O16P3/c1-2-12-32-26(39)19(13-16-8-10-18(11-9-16)22(38)17-6-4-3-5-7-17)36-54(42,43)52-56(46,47)53-55(44,45)48-14-20-23-24(51-30(41)50-23)28(49-20)37-15-33-21-25(37)34-29(31)35-27(21)40/h1,3-11,15,19-20,23-24,28H,12-14H2,(H,32,39)(H,44,45)(H,46,47)(H2,36,42,43)(H3,31,34,35,40)/t19-,20+,23+,24+,28+/m0/s1. The van der Waals surface area contributed by atoms with Gasteiger partial charge in [0.15, 0.2) is 35.4 Å². The van der Waals surface area contributed by atoms with E-state index in [1.54, 1.807) is 30.3 Å². The fourth-order valence-corrected chi connectivity index (χ4v) is 9.52. The van der Waals surface area contributed by atoms with E-state index < -0.39 is 78.2 Å². The second-order valence-electron chi connectivity index (χ2n) is 11.9. The number of aromatic nitrogens is 4. The van der Waals surface area contributed by atoms with Crippen molar-refractivity contribution in [2.45, 2.75) is 37.0 Å². The summed E-state index contributed by atoms with van der Waals surface area (Å²) in [6.07, 6.45) is -0.451. The van der Waals surface area contributed by atoms with Crippen LogP contribution in [0, 0.1) is 12.3 Å². The molecule has 0 aliphatic carbocycles. The third-order valence-corrected chi connectivity index (χ3v) is 12.5. The number of terminal acetylenes is 1. The number of fused-ring (bicyclic) bond motifs is 2. The van der Waals surface area contributed by atoms with E-state index in [1.807, 2.05) is 5.09 Å². The number of phosphoric ester groups is 1. The normalized spacial score (nSPS) is 22.7. The molecule has 3 unspecified atom stereocenters. The van der Waals surface area contributed by atoms with Crippen LogP contribution in [0.4, 0.5) is 10.7 Å². The summed E-state index contributed by atoms with van der Waals surface area (Å²) in [5.41, 5.74) is 5.78. The van der Waals surface area contributed by atoms with Crippen molar-refractivity contribution in [1.82, 2.24) is 29.9 Å². The molecule has 6 rings (SSSR count). The first-order chi connectivity index (χ1) is 26.4. The maximum absolute atomic E-state index is 13.0. The van der Waals surface area contributed by atoms with Crippen molar-refractivity contribution in [3.05, 3.63) is 88.0 Å². The van der Waals surface area contributed by atoms with Gasteiger partial charge in [-0.05, 0) is 12.0 Å². The first-order valence-electron chi connectivity index (χ1n) is 15.9. The fourth-order valence-electron chi connectivity index (χ4n) is 5.65. The van der Waals surface area contributed by atoms with Crippen molar-refractivity contribution in [2.75, 3.05) is 18.9 Å². The third kappa shape index (κ3) is 9.47. The van der Waals surface area contributed by atoms with Crippen LogP contribution in [0.3, 0.4) is 0 Å². The van der Waals surface area contributed by atoms with E-state index in [0.717, 1.165) is 6.33 Å². The largest absolute Gasteiger partial charge is 0.509 e. The number of nitrogens with two attached hydrogens (primary N) is 1. The predicted molar refractivity (Wildman–Crippen MR) is 188 cm³/mol. The number of ether oxygens (including phenoxy) is 3. The average Bonchev–Trinajstić information content (AvgIpc) is 3.82. The van der Waals surface area contributed by atoms with Crippen molar-refractivity contribution in [2.24, 2.45) is 0 Å². The molecule has 2 saturated heterocycles. The minimum atomic E-state index is -5.99. The molecule has 56 heavy (non-hydrogen) atoms. The van der Waals surface area contributed by atoms with Crippen LogP contribution in [0.25, 0.3) is 11.2 Å². The summed E-state index contributed by atoms with van der Waals surface area (Å²) < 4.78 is 69.0. The van der Waals surface area contributed by atoms with Crippen molar-refractivity contribution < 1.29 is 70.1 Å². The zero-order valence-electron chi connectivity index (χ0n) is 28.3. The van der Waals surface area contributed by atoms with E-state index in [-0.39, 0.29) is 35.9 Å². The van der Waals surface area contributed by atoms with Crippen LogP contribution < -0.4 is 21.7 Å². The van der Waals surface area contributed by atoms with Crippen LogP contribution in [0.1, 0.15) is 27.7 Å². The summed E-state index contributed by atoms with van der Waals surface area (Å²) in [4.78, 5) is 91.0. The molecule has 296 valence electrons. The molecule has 8 N–H and O–H groups in total. The van der Waals surface area contributed by atoms with Gasteiger partial charge in [0.05, 0.1) is 19.5 Å². The summed E-state index contributed by atoms with van der Waals surface area (Å²) in [5, 5.41) is 4.18. The first kappa shape index (κ1) is 40.6. The van der Waals surface area contributed by atoms with Gasteiger partial charge in [0.25, 0.3) is 5.56 Å². The average molecular weight is 838 g/mol. The van der Waals surface area contributed by atoms with Gasteiger partial charge in [-0.15, -0.1) is 6.42 Å². The number of hydrogen-bond donors (Lipinski definition) is 7. The summed E-state index contributed by atoms with van der Waals surface area (Å²) in [6.45, 7) is -1.29. The third-order valence-electron chi connectivity index (χ3n) is 7.99. The zero-order valence-corrected chi connectivity index (χ0v) is 31.0. The SMILES string of the molecule is C#CCNC(=O)[C@H](Cc1ccc(C(=O)c2ccccc2)cc1)NP(=O)(O)OP(=O)(O)OP(=O)(O)OC[C@H]1O[C@@H](n2cnc3c(=O)[nH]c(N)nc32)[C@@H]2OC(=O)O[C@@H]21. The lowest BCUT2D eigenvalue weighted by Gasteiger charge is -2.23. The van der Waals surface area contributed by atoms with Crippen LogP contribution in [-0.4, -0.2) is 89.6 Å². The van der Waals surface area contributed by atoms with Gasteiger partial charge in [-0.3, -0.25) is 28.5 Å². The second-order valence-corrected chi connectivity index (χ2v) is 16.6. The minimum absolute atomic E-state index is 0.0833. The van der Waals surface area contributed by atoms with Crippen LogP contribution >= 0.6 is 23.4 Å². The van der Waals surface area contributed by atoms with Gasteiger partial charge < -0.3 is 39.9 Å². The molecule has 2 aliphatic heterocycles. The topological polar surface area (TPSA) is 332 Å². The molecule has 1 amide bonds. The molecule has 26 heteroatoms. The lowest BCUT2D eigenvalue weighted by molar-refractivity contribution is -0.122. The smallest absolute Gasteiger partial charge is 0.424 e. The van der Waals surface area contributed by atoms with Crippen LogP contribution in [0.5, 0.6) is 0 Å². The Morgan fingerprint density at radius 1 is 1.00 bits per heavy atom. The number of nitrogen functional groups attached to an aromatic ring is 1. The van der Waals surface area contributed by atoms with Gasteiger partial charge in [0.1, 0.15) is 12.1 Å². The number of carbonyl (C=O) groups excluding carboxylic acids is 3. The molecule has 8 atom stereocenters. The Morgan fingerprint density at radius 3 is 2.38 bits per heavy atom. The van der Waals surface area contributed by atoms with Gasteiger partial charge in [-0.25, -0.2) is 28.6 Å². The molecule has 0 spiro atoms. The lowest BCUT2D eigenvalue weighted by Crippen LogP contribution is -2.44. The molecule has 4 aromatic rings. The molecule has 2 aliphatic rings. The minimum Gasteiger partial charge on any atom is -0.424 e. The maximum atomic E-state index is 13.0. The molecule has 23 nitrogen and oxygen atoms in total. The number of nitrogens with zero attached hydrogens (tertiary/aromatic N) is 3. The number of anilines is 1. The Labute approximate surface area is 314 Å². The van der Waals surface area contributed by atoms with Crippen molar-refractivity contribution in [3.8, 4) is 12.3 Å². The van der Waals surface area contributed by atoms with Crippen LogP contribution in [0.15, 0.2) is 65.7 Å². The van der Waals surface area contributed by atoms with Gasteiger partial charge in [0, 0.05) is 11.1 Å². The number of amides is 1. The van der Waals surface area contributed by atoms with E-state index in [2.05, 4.69) is 34.8 Å². The molecule has 0 bridgehead atoms. The highest BCUT2D eigenvalue weighted by molar-refractivity contribution is 7.67. The number of benzene rings is 2. The van der Waals surface area contributed by atoms with Crippen molar-refractivity contribution >= 4 is 58.3 Å². The Kier molecular flexibility index (Phi) is 11.7. The summed E-state index contributed by atoms with van der Waals surface area (Å²) >= 11 is 0. The Morgan fingerprint density at radius 2 is 1.68 bits per heavy atom. The molecule has 2 fully saturated rings. The molecule has 0 saturated carbocycles. The van der Waals surface area contributed by atoms with E-state index in [0.29, 0.717) is 16.7 Å². The summed E-state index contributed by atoms with van der Waals surface area (Å²) in [5.74, 6) is 0.628. The Hall–Kier alpha value is -5.07. The van der Waals surface area contributed by atoms with Gasteiger partial charge in [-0.1, -0.05) is 60.5 Å². The maximum Gasteiger partial charge on any atom is 0.509 e. The number of hydrogen-bond acceptors (Lipinski definition) is 16. The van der Waals surface area contributed by atoms with Crippen LogP contribution in [0.2, 0.25) is 0 Å². The van der Waals surface area contributed by atoms with Gasteiger partial charge >= 0.3 is 29.5 Å². The van der Waals surface area contributed by atoms with E-state index in [4.69, 9.17) is 30.9 Å². The number of ketones is 1. The number of aromatic amines is 1. The highest BCUT2D eigenvalue weighted by Gasteiger charge is 2.56. The fraction of sp³-hybridized carbons (Fsp3) is 0.267. The number of carbonyl (C=O) groups is 3. The van der Waals surface area contributed by atoms with E-state index >= 15 is 0 Å². The number of H-pyrrole nitrogens is 1. The first-order valence-corrected chi connectivity index (χ1v) is 20.5.